The Hall–Kier alpha value is -3.10. The SMILES string of the molecule is CCc1cccc2cnc(Nc3ccc(C(=O)NCCCN4CCOCC4)nc3)nc12. The third kappa shape index (κ3) is 5.53. The van der Waals surface area contributed by atoms with Crippen molar-refractivity contribution in [1.82, 2.24) is 25.2 Å². The van der Waals surface area contributed by atoms with Crippen molar-refractivity contribution in [3.63, 3.8) is 0 Å². The summed E-state index contributed by atoms with van der Waals surface area (Å²) in [5, 5.41) is 7.12. The van der Waals surface area contributed by atoms with Crippen LogP contribution in [0.4, 0.5) is 11.6 Å². The van der Waals surface area contributed by atoms with Gasteiger partial charge in [0.05, 0.1) is 30.6 Å². The molecule has 1 fully saturated rings. The van der Waals surface area contributed by atoms with Crippen molar-refractivity contribution in [3.8, 4) is 0 Å². The van der Waals surface area contributed by atoms with Gasteiger partial charge in [-0.2, -0.15) is 0 Å². The number of morpholine rings is 1. The smallest absolute Gasteiger partial charge is 0.269 e. The number of pyridine rings is 1. The molecule has 1 aliphatic rings. The molecule has 0 saturated carbocycles. The minimum Gasteiger partial charge on any atom is -0.379 e. The van der Waals surface area contributed by atoms with Crippen LogP contribution < -0.4 is 10.6 Å². The predicted molar refractivity (Wildman–Crippen MR) is 121 cm³/mol. The Bertz CT molecular complexity index is 1020. The summed E-state index contributed by atoms with van der Waals surface area (Å²) in [4.78, 5) is 28.0. The number of para-hydroxylation sites is 1. The zero-order valence-electron chi connectivity index (χ0n) is 17.8. The first kappa shape index (κ1) is 21.1. The molecule has 1 aliphatic heterocycles. The van der Waals surface area contributed by atoms with E-state index in [2.05, 4.69) is 43.5 Å². The highest BCUT2D eigenvalue weighted by Gasteiger charge is 2.11. The number of rotatable bonds is 8. The Labute approximate surface area is 182 Å². The van der Waals surface area contributed by atoms with Crippen LogP contribution in [0, 0.1) is 0 Å². The maximum absolute atomic E-state index is 12.3. The summed E-state index contributed by atoms with van der Waals surface area (Å²) in [6, 6.07) is 9.63. The summed E-state index contributed by atoms with van der Waals surface area (Å²) in [5.41, 5.74) is 3.26. The second-order valence-corrected chi connectivity index (χ2v) is 7.52. The van der Waals surface area contributed by atoms with Gasteiger partial charge >= 0.3 is 0 Å². The number of amides is 1. The number of carbonyl (C=O) groups is 1. The van der Waals surface area contributed by atoms with Gasteiger partial charge in [-0.05, 0) is 37.1 Å². The number of nitrogens with one attached hydrogen (secondary N) is 2. The van der Waals surface area contributed by atoms with Crippen LogP contribution in [0.5, 0.6) is 0 Å². The molecule has 1 aromatic carbocycles. The van der Waals surface area contributed by atoms with Gasteiger partial charge in [-0.1, -0.05) is 25.1 Å². The lowest BCUT2D eigenvalue weighted by atomic mass is 10.1. The summed E-state index contributed by atoms with van der Waals surface area (Å²) in [6.07, 6.45) is 5.26. The lowest BCUT2D eigenvalue weighted by Gasteiger charge is -2.26. The van der Waals surface area contributed by atoms with Crippen molar-refractivity contribution in [3.05, 3.63) is 54.0 Å². The summed E-state index contributed by atoms with van der Waals surface area (Å²) in [6.45, 7) is 7.21. The van der Waals surface area contributed by atoms with Crippen molar-refractivity contribution in [2.45, 2.75) is 19.8 Å². The Morgan fingerprint density at radius 3 is 2.77 bits per heavy atom. The molecule has 0 radical (unpaired) electrons. The van der Waals surface area contributed by atoms with Gasteiger partial charge in [-0.15, -0.1) is 0 Å². The highest BCUT2D eigenvalue weighted by Crippen LogP contribution is 2.19. The molecule has 1 amide bonds. The molecule has 0 unspecified atom stereocenters. The second-order valence-electron chi connectivity index (χ2n) is 7.52. The standard InChI is InChI=1S/C23H28N6O2/c1-2-17-5-3-6-18-15-26-23(28-21(17)18)27-19-7-8-20(25-16-19)22(30)24-9-4-10-29-11-13-31-14-12-29/h3,5-8,15-16H,2,4,9-14H2,1H3,(H,24,30)(H,26,27,28). The molecule has 8 nitrogen and oxygen atoms in total. The number of nitrogens with zero attached hydrogens (tertiary/aromatic N) is 4. The molecule has 2 aromatic heterocycles. The summed E-state index contributed by atoms with van der Waals surface area (Å²) >= 11 is 0. The van der Waals surface area contributed by atoms with Crippen LogP contribution in [0.25, 0.3) is 10.9 Å². The first-order chi connectivity index (χ1) is 15.2. The fourth-order valence-corrected chi connectivity index (χ4v) is 3.61. The van der Waals surface area contributed by atoms with Crippen LogP contribution >= 0.6 is 0 Å². The number of hydrogen-bond acceptors (Lipinski definition) is 7. The molecular weight excluding hydrogens is 392 g/mol. The highest BCUT2D eigenvalue weighted by atomic mass is 16.5. The van der Waals surface area contributed by atoms with Crippen LogP contribution in [0.3, 0.4) is 0 Å². The van der Waals surface area contributed by atoms with Crippen LogP contribution in [0.15, 0.2) is 42.7 Å². The van der Waals surface area contributed by atoms with Crippen LogP contribution in [-0.4, -0.2) is 65.2 Å². The van der Waals surface area contributed by atoms with Gasteiger partial charge in [0.1, 0.15) is 5.69 Å². The first-order valence-corrected chi connectivity index (χ1v) is 10.8. The quantitative estimate of drug-likeness (QED) is 0.541. The van der Waals surface area contributed by atoms with Gasteiger partial charge < -0.3 is 15.4 Å². The molecule has 3 heterocycles. The molecule has 0 atom stereocenters. The van der Waals surface area contributed by atoms with E-state index in [1.165, 1.54) is 5.56 Å². The number of fused-ring (bicyclic) bond motifs is 1. The van der Waals surface area contributed by atoms with E-state index in [1.54, 1.807) is 12.3 Å². The number of anilines is 2. The fraction of sp³-hybridized carbons (Fsp3) is 0.391. The first-order valence-electron chi connectivity index (χ1n) is 10.8. The molecule has 31 heavy (non-hydrogen) atoms. The third-order valence-corrected chi connectivity index (χ3v) is 5.37. The fourth-order valence-electron chi connectivity index (χ4n) is 3.61. The Kier molecular flexibility index (Phi) is 7.01. The molecule has 0 bridgehead atoms. The monoisotopic (exact) mass is 420 g/mol. The minimum absolute atomic E-state index is 0.164. The molecule has 0 spiro atoms. The topological polar surface area (TPSA) is 92.3 Å². The molecule has 1 saturated heterocycles. The molecular formula is C23H28N6O2. The molecule has 8 heteroatoms. The molecule has 2 N–H and O–H groups in total. The van der Waals surface area contributed by atoms with E-state index in [0.717, 1.165) is 62.3 Å². The van der Waals surface area contributed by atoms with Crippen molar-refractivity contribution in [2.24, 2.45) is 0 Å². The molecule has 4 rings (SSSR count). The van der Waals surface area contributed by atoms with Crippen molar-refractivity contribution in [2.75, 3.05) is 44.7 Å². The van der Waals surface area contributed by atoms with E-state index in [0.29, 0.717) is 18.2 Å². The lowest BCUT2D eigenvalue weighted by Crippen LogP contribution is -2.38. The maximum atomic E-state index is 12.3. The van der Waals surface area contributed by atoms with E-state index in [9.17, 15) is 4.79 Å². The van der Waals surface area contributed by atoms with Gasteiger partial charge in [0.15, 0.2) is 0 Å². The number of aromatic nitrogens is 3. The Balaban J connectivity index is 1.30. The van der Waals surface area contributed by atoms with Crippen LogP contribution in [-0.2, 0) is 11.2 Å². The normalized spacial score (nSPS) is 14.5. The lowest BCUT2D eigenvalue weighted by molar-refractivity contribution is 0.0374. The average Bonchev–Trinajstić information content (AvgIpc) is 2.82. The molecule has 3 aromatic rings. The average molecular weight is 421 g/mol. The van der Waals surface area contributed by atoms with Crippen molar-refractivity contribution in [1.29, 1.82) is 0 Å². The number of hydrogen-bond donors (Lipinski definition) is 2. The van der Waals surface area contributed by atoms with E-state index < -0.39 is 0 Å². The van der Waals surface area contributed by atoms with E-state index in [-0.39, 0.29) is 5.91 Å². The predicted octanol–water partition coefficient (Wildman–Crippen LogP) is 2.78. The van der Waals surface area contributed by atoms with Gasteiger partial charge in [-0.3, -0.25) is 9.69 Å². The summed E-state index contributed by atoms with van der Waals surface area (Å²) < 4.78 is 5.35. The summed E-state index contributed by atoms with van der Waals surface area (Å²) in [5.74, 6) is 0.346. The molecule has 0 aliphatic carbocycles. The summed E-state index contributed by atoms with van der Waals surface area (Å²) in [7, 11) is 0. The minimum atomic E-state index is -0.164. The number of carbonyl (C=O) groups excluding carboxylic acids is 1. The van der Waals surface area contributed by atoms with E-state index in [1.807, 2.05) is 24.4 Å². The van der Waals surface area contributed by atoms with E-state index >= 15 is 0 Å². The van der Waals surface area contributed by atoms with Crippen molar-refractivity contribution >= 4 is 28.4 Å². The van der Waals surface area contributed by atoms with Crippen molar-refractivity contribution < 1.29 is 9.53 Å². The van der Waals surface area contributed by atoms with Crippen LogP contribution in [0.1, 0.15) is 29.4 Å². The van der Waals surface area contributed by atoms with Gasteiger partial charge in [0.25, 0.3) is 5.91 Å². The molecule has 162 valence electrons. The van der Waals surface area contributed by atoms with Gasteiger partial charge in [-0.25, -0.2) is 15.0 Å². The number of benzene rings is 1. The third-order valence-electron chi connectivity index (χ3n) is 5.37. The number of aryl methyl sites for hydroxylation is 1. The largest absolute Gasteiger partial charge is 0.379 e. The maximum Gasteiger partial charge on any atom is 0.269 e. The van der Waals surface area contributed by atoms with Gasteiger partial charge in [0, 0.05) is 31.2 Å². The van der Waals surface area contributed by atoms with Gasteiger partial charge in [0.2, 0.25) is 5.95 Å². The second kappa shape index (κ2) is 10.3. The van der Waals surface area contributed by atoms with Crippen LogP contribution in [0.2, 0.25) is 0 Å². The highest BCUT2D eigenvalue weighted by molar-refractivity contribution is 5.92. The number of ether oxygens (including phenoxy) is 1. The zero-order valence-corrected chi connectivity index (χ0v) is 17.8. The Morgan fingerprint density at radius 1 is 1.13 bits per heavy atom. The van der Waals surface area contributed by atoms with E-state index in [4.69, 9.17) is 4.74 Å². The zero-order chi connectivity index (χ0) is 21.5. The Morgan fingerprint density at radius 2 is 2.00 bits per heavy atom.